The van der Waals surface area contributed by atoms with Crippen LogP contribution in [0.1, 0.15) is 25.3 Å². The number of nitrogens with one attached hydrogen (secondary N) is 1. The number of benzene rings is 2. The lowest BCUT2D eigenvalue weighted by Gasteiger charge is -2.29. The Bertz CT molecular complexity index is 1180. The largest absolute Gasteiger partial charge is 0.492 e. The summed E-state index contributed by atoms with van der Waals surface area (Å²) in [5.74, 6) is 1.69. The summed E-state index contributed by atoms with van der Waals surface area (Å²) in [5, 5.41) is 11.1. The fraction of sp³-hybridized carbons (Fsp3) is 0.375. The van der Waals surface area contributed by atoms with E-state index < -0.39 is 10.0 Å². The number of likely N-dealkylation sites (tertiary alicyclic amines) is 1. The number of hydrogen-bond acceptors (Lipinski definition) is 7. The highest BCUT2D eigenvalue weighted by Crippen LogP contribution is 2.30. The van der Waals surface area contributed by atoms with Gasteiger partial charge in [-0.05, 0) is 80.7 Å². The standard InChI is InChI=1S/C24H30N4O3S2/c1-17-9-11-28(12-10-17)13-14-31-20-6-4-19(5-7-20)23-16-32-24(27-23)26-22-15-21(33(25,29)30)8-3-18(22)2/h3-8,15-17H,9-14H2,1-2H3,(H,26,27)(H2,25,29,30). The average Bonchev–Trinajstić information content (AvgIpc) is 3.25. The third-order valence-electron chi connectivity index (χ3n) is 5.99. The molecule has 1 aliphatic heterocycles. The van der Waals surface area contributed by atoms with Crippen LogP contribution in [0.5, 0.6) is 5.75 Å². The molecule has 3 N–H and O–H groups in total. The Morgan fingerprint density at radius 1 is 1.18 bits per heavy atom. The van der Waals surface area contributed by atoms with Gasteiger partial charge in [-0.1, -0.05) is 13.0 Å². The molecule has 2 heterocycles. The third kappa shape index (κ3) is 6.32. The Balaban J connectivity index is 1.35. The first kappa shape index (κ1) is 23.7. The first-order valence-electron chi connectivity index (χ1n) is 11.1. The number of ether oxygens (including phenoxy) is 1. The van der Waals surface area contributed by atoms with Crippen LogP contribution in [0.2, 0.25) is 0 Å². The molecule has 1 saturated heterocycles. The van der Waals surface area contributed by atoms with Gasteiger partial charge in [-0.25, -0.2) is 18.5 Å². The Morgan fingerprint density at radius 2 is 1.91 bits per heavy atom. The number of hydrogen-bond donors (Lipinski definition) is 2. The van der Waals surface area contributed by atoms with Gasteiger partial charge in [-0.2, -0.15) is 0 Å². The van der Waals surface area contributed by atoms with Crippen LogP contribution in [0.15, 0.2) is 52.7 Å². The van der Waals surface area contributed by atoms with Gasteiger partial charge in [0.25, 0.3) is 0 Å². The van der Waals surface area contributed by atoms with E-state index in [2.05, 4.69) is 22.1 Å². The number of aromatic nitrogens is 1. The van der Waals surface area contributed by atoms with Crippen LogP contribution < -0.4 is 15.2 Å². The topological polar surface area (TPSA) is 97.5 Å². The first-order chi connectivity index (χ1) is 15.8. The molecule has 0 amide bonds. The zero-order valence-electron chi connectivity index (χ0n) is 19.0. The highest BCUT2D eigenvalue weighted by molar-refractivity contribution is 7.89. The van der Waals surface area contributed by atoms with E-state index >= 15 is 0 Å². The van der Waals surface area contributed by atoms with Crippen LogP contribution in [0.4, 0.5) is 10.8 Å². The fourth-order valence-electron chi connectivity index (χ4n) is 3.79. The van der Waals surface area contributed by atoms with Crippen molar-refractivity contribution < 1.29 is 13.2 Å². The number of primary sulfonamides is 1. The van der Waals surface area contributed by atoms with Gasteiger partial charge in [0.2, 0.25) is 10.0 Å². The second-order valence-electron chi connectivity index (χ2n) is 8.58. The van der Waals surface area contributed by atoms with Gasteiger partial charge in [0.15, 0.2) is 5.13 Å². The molecule has 1 aliphatic rings. The number of rotatable bonds is 8. The van der Waals surface area contributed by atoms with Gasteiger partial charge in [-0.3, -0.25) is 4.90 Å². The smallest absolute Gasteiger partial charge is 0.238 e. The highest BCUT2D eigenvalue weighted by atomic mass is 32.2. The summed E-state index contributed by atoms with van der Waals surface area (Å²) in [6.45, 7) is 8.19. The Morgan fingerprint density at radius 3 is 2.61 bits per heavy atom. The zero-order valence-corrected chi connectivity index (χ0v) is 20.6. The molecule has 0 bridgehead atoms. The van der Waals surface area contributed by atoms with Gasteiger partial charge in [0.05, 0.1) is 10.6 Å². The summed E-state index contributed by atoms with van der Waals surface area (Å²) >= 11 is 1.46. The van der Waals surface area contributed by atoms with E-state index in [0.717, 1.165) is 48.1 Å². The van der Waals surface area contributed by atoms with Crippen LogP contribution >= 0.6 is 11.3 Å². The first-order valence-corrected chi connectivity index (χ1v) is 13.5. The van der Waals surface area contributed by atoms with E-state index in [-0.39, 0.29) is 4.90 Å². The molecule has 9 heteroatoms. The van der Waals surface area contributed by atoms with E-state index in [1.54, 1.807) is 6.07 Å². The van der Waals surface area contributed by atoms with Gasteiger partial charge < -0.3 is 10.1 Å². The Hall–Kier alpha value is -2.46. The molecule has 1 fully saturated rings. The molecule has 0 aliphatic carbocycles. The van der Waals surface area contributed by atoms with Crippen molar-refractivity contribution in [2.75, 3.05) is 31.6 Å². The maximum absolute atomic E-state index is 11.6. The molecule has 0 atom stereocenters. The Labute approximate surface area is 199 Å². The molecule has 4 rings (SSSR count). The summed E-state index contributed by atoms with van der Waals surface area (Å²) in [7, 11) is -3.76. The van der Waals surface area contributed by atoms with Crippen LogP contribution in [0.25, 0.3) is 11.3 Å². The number of aryl methyl sites for hydroxylation is 1. The van der Waals surface area contributed by atoms with Gasteiger partial charge in [0, 0.05) is 23.2 Å². The molecule has 0 spiro atoms. The lowest BCUT2D eigenvalue weighted by Crippen LogP contribution is -2.35. The predicted molar refractivity (Wildman–Crippen MR) is 134 cm³/mol. The molecule has 33 heavy (non-hydrogen) atoms. The predicted octanol–water partition coefficient (Wildman–Crippen LogP) is 4.62. The summed E-state index contributed by atoms with van der Waals surface area (Å²) < 4.78 is 29.2. The summed E-state index contributed by atoms with van der Waals surface area (Å²) in [6, 6.07) is 12.7. The second-order valence-corrected chi connectivity index (χ2v) is 11.0. The monoisotopic (exact) mass is 486 g/mol. The summed E-state index contributed by atoms with van der Waals surface area (Å²) in [4.78, 5) is 7.19. The van der Waals surface area contributed by atoms with E-state index in [1.807, 2.05) is 36.6 Å². The lowest BCUT2D eigenvalue weighted by atomic mass is 9.99. The van der Waals surface area contributed by atoms with Crippen molar-refractivity contribution in [2.24, 2.45) is 11.1 Å². The Kier molecular flexibility index (Phi) is 7.33. The summed E-state index contributed by atoms with van der Waals surface area (Å²) in [6.07, 6.45) is 2.55. The van der Waals surface area contributed by atoms with E-state index in [1.165, 1.54) is 36.3 Å². The number of nitrogens with two attached hydrogens (primary N) is 1. The van der Waals surface area contributed by atoms with E-state index in [4.69, 9.17) is 9.88 Å². The SMILES string of the molecule is Cc1ccc(S(N)(=O)=O)cc1Nc1nc(-c2ccc(OCCN3CCC(C)CC3)cc2)cs1. The van der Waals surface area contributed by atoms with Crippen molar-refractivity contribution >= 4 is 32.2 Å². The molecule has 0 unspecified atom stereocenters. The quantitative estimate of drug-likeness (QED) is 0.482. The van der Waals surface area contributed by atoms with Crippen LogP contribution in [0, 0.1) is 12.8 Å². The van der Waals surface area contributed by atoms with Crippen molar-refractivity contribution in [3.63, 3.8) is 0 Å². The lowest BCUT2D eigenvalue weighted by molar-refractivity contribution is 0.160. The molecule has 2 aromatic carbocycles. The van der Waals surface area contributed by atoms with E-state index in [0.29, 0.717) is 17.4 Å². The minimum Gasteiger partial charge on any atom is -0.492 e. The van der Waals surface area contributed by atoms with Crippen LogP contribution in [-0.4, -0.2) is 44.5 Å². The van der Waals surface area contributed by atoms with Crippen molar-refractivity contribution in [1.29, 1.82) is 0 Å². The second kappa shape index (κ2) is 10.2. The zero-order chi connectivity index (χ0) is 23.4. The molecule has 176 valence electrons. The minimum absolute atomic E-state index is 0.0674. The van der Waals surface area contributed by atoms with Crippen LogP contribution in [0.3, 0.4) is 0 Å². The number of sulfonamides is 1. The average molecular weight is 487 g/mol. The molecular formula is C24H30N4O3S2. The molecule has 3 aromatic rings. The molecule has 0 radical (unpaired) electrons. The van der Waals surface area contributed by atoms with Crippen LogP contribution in [-0.2, 0) is 10.0 Å². The van der Waals surface area contributed by atoms with Gasteiger partial charge >= 0.3 is 0 Å². The maximum Gasteiger partial charge on any atom is 0.238 e. The number of piperidine rings is 1. The number of nitrogens with zero attached hydrogens (tertiary/aromatic N) is 2. The summed E-state index contributed by atoms with van der Waals surface area (Å²) in [5.41, 5.74) is 3.40. The third-order valence-corrected chi connectivity index (χ3v) is 7.65. The van der Waals surface area contributed by atoms with Gasteiger partial charge in [0.1, 0.15) is 12.4 Å². The number of thiazole rings is 1. The van der Waals surface area contributed by atoms with Crippen molar-refractivity contribution in [3.05, 3.63) is 53.4 Å². The van der Waals surface area contributed by atoms with Crippen molar-refractivity contribution in [3.8, 4) is 17.0 Å². The molecule has 0 saturated carbocycles. The van der Waals surface area contributed by atoms with E-state index in [9.17, 15) is 8.42 Å². The molecule has 1 aromatic heterocycles. The molecule has 7 nitrogen and oxygen atoms in total. The minimum atomic E-state index is -3.76. The maximum atomic E-state index is 11.6. The highest BCUT2D eigenvalue weighted by Gasteiger charge is 2.15. The molecular weight excluding hydrogens is 456 g/mol. The normalized spacial score (nSPS) is 15.5. The number of anilines is 2. The van der Waals surface area contributed by atoms with Crippen molar-refractivity contribution in [1.82, 2.24) is 9.88 Å². The van der Waals surface area contributed by atoms with Crippen molar-refractivity contribution in [2.45, 2.75) is 31.6 Å². The van der Waals surface area contributed by atoms with Gasteiger partial charge in [-0.15, -0.1) is 11.3 Å². The fourth-order valence-corrected chi connectivity index (χ4v) is 5.06.